The molecule has 0 radical (unpaired) electrons. The molecule has 0 aromatic carbocycles. The van der Waals surface area contributed by atoms with E-state index in [0.717, 1.165) is 50.8 Å². The van der Waals surface area contributed by atoms with Crippen LogP contribution in [-0.4, -0.2) is 62.1 Å². The van der Waals surface area contributed by atoms with Gasteiger partial charge in [-0.1, -0.05) is 20.3 Å². The number of hydrogen-bond acceptors (Lipinski definition) is 3. The van der Waals surface area contributed by atoms with Crippen molar-refractivity contribution in [2.24, 2.45) is 10.9 Å². The maximum Gasteiger partial charge on any atom is 0.234 e. The topological polar surface area (TPSA) is 68.8 Å². The number of rotatable bonds is 8. The fourth-order valence-electron chi connectivity index (χ4n) is 3.41. The minimum atomic E-state index is 0. The van der Waals surface area contributed by atoms with E-state index in [9.17, 15) is 4.79 Å². The smallest absolute Gasteiger partial charge is 0.234 e. The minimum Gasteiger partial charge on any atom is -0.355 e. The number of amides is 1. The van der Waals surface area contributed by atoms with Gasteiger partial charge in [0.15, 0.2) is 5.96 Å². The molecule has 3 N–H and O–H groups in total. The number of guanidine groups is 1. The largest absolute Gasteiger partial charge is 0.355 e. The van der Waals surface area contributed by atoms with E-state index in [0.29, 0.717) is 18.6 Å². The molecule has 2 atom stereocenters. The van der Waals surface area contributed by atoms with Crippen LogP contribution in [0.2, 0.25) is 0 Å². The lowest BCUT2D eigenvalue weighted by atomic mass is 10.1. The van der Waals surface area contributed by atoms with Gasteiger partial charge in [0.25, 0.3) is 0 Å². The summed E-state index contributed by atoms with van der Waals surface area (Å²) in [5.41, 5.74) is 0. The molecule has 2 aliphatic rings. The van der Waals surface area contributed by atoms with E-state index < -0.39 is 0 Å². The van der Waals surface area contributed by atoms with Crippen LogP contribution in [0, 0.1) is 5.92 Å². The molecule has 0 aromatic heterocycles. The first-order chi connectivity index (χ1) is 11.7. The lowest BCUT2D eigenvalue weighted by molar-refractivity contribution is -0.122. The molecule has 25 heavy (non-hydrogen) atoms. The summed E-state index contributed by atoms with van der Waals surface area (Å²) in [4.78, 5) is 18.4. The van der Waals surface area contributed by atoms with Crippen LogP contribution in [0.1, 0.15) is 52.4 Å². The van der Waals surface area contributed by atoms with Crippen molar-refractivity contribution in [3.8, 4) is 0 Å². The number of likely N-dealkylation sites (tertiary alicyclic amines) is 1. The van der Waals surface area contributed by atoms with Gasteiger partial charge >= 0.3 is 0 Å². The molecule has 0 spiro atoms. The molecule has 1 amide bonds. The Labute approximate surface area is 170 Å². The Morgan fingerprint density at radius 2 is 1.88 bits per heavy atom. The van der Waals surface area contributed by atoms with E-state index in [4.69, 9.17) is 0 Å². The second-order valence-corrected chi connectivity index (χ2v) is 7.15. The predicted octanol–water partition coefficient (Wildman–Crippen LogP) is 1.95. The summed E-state index contributed by atoms with van der Waals surface area (Å²) in [5, 5.41) is 10.1. The fourth-order valence-corrected chi connectivity index (χ4v) is 3.41. The van der Waals surface area contributed by atoms with Crippen LogP contribution in [0.5, 0.6) is 0 Å². The average Bonchev–Trinajstić information content (AvgIpc) is 3.32. The molecule has 6 nitrogen and oxygen atoms in total. The Kier molecular flexibility index (Phi) is 10.7. The molecule has 0 aromatic rings. The van der Waals surface area contributed by atoms with Crippen molar-refractivity contribution in [3.63, 3.8) is 0 Å². The number of carbonyl (C=O) groups excluding carboxylic acids is 1. The normalized spacial score (nSPS) is 24.4. The van der Waals surface area contributed by atoms with Gasteiger partial charge in [-0.05, 0) is 38.0 Å². The number of carbonyl (C=O) groups is 1. The highest BCUT2D eigenvalue weighted by Crippen LogP contribution is 2.34. The number of nitrogens with one attached hydrogen (secondary N) is 3. The zero-order chi connectivity index (χ0) is 17.4. The Morgan fingerprint density at radius 1 is 1.16 bits per heavy atom. The highest BCUT2D eigenvalue weighted by molar-refractivity contribution is 14.0. The fraction of sp³-hybridized carbons (Fsp3) is 0.889. The molecule has 146 valence electrons. The number of nitrogens with zero attached hydrogens (tertiary/aromatic N) is 2. The quantitative estimate of drug-likeness (QED) is 0.291. The maximum atomic E-state index is 11.8. The van der Waals surface area contributed by atoms with Crippen molar-refractivity contribution < 1.29 is 4.79 Å². The van der Waals surface area contributed by atoms with Crippen LogP contribution in [0.15, 0.2) is 4.99 Å². The van der Waals surface area contributed by atoms with Gasteiger partial charge in [-0.15, -0.1) is 24.0 Å². The lowest BCUT2D eigenvalue weighted by Gasteiger charge is -2.32. The van der Waals surface area contributed by atoms with E-state index in [1.54, 1.807) is 0 Å². The van der Waals surface area contributed by atoms with E-state index in [-0.39, 0.29) is 29.9 Å². The predicted molar refractivity (Wildman–Crippen MR) is 115 cm³/mol. The summed E-state index contributed by atoms with van der Waals surface area (Å²) in [6.07, 6.45) is 6.96. The van der Waals surface area contributed by atoms with Crippen LogP contribution in [-0.2, 0) is 4.79 Å². The molecule has 1 saturated carbocycles. The van der Waals surface area contributed by atoms with Gasteiger partial charge in [-0.3, -0.25) is 14.7 Å². The van der Waals surface area contributed by atoms with Crippen molar-refractivity contribution in [1.29, 1.82) is 0 Å². The summed E-state index contributed by atoms with van der Waals surface area (Å²) >= 11 is 0. The van der Waals surface area contributed by atoms with Crippen molar-refractivity contribution in [2.75, 3.05) is 33.2 Å². The average molecular weight is 465 g/mol. The molecule has 0 bridgehead atoms. The van der Waals surface area contributed by atoms with Gasteiger partial charge in [-0.25, -0.2) is 0 Å². The molecule has 1 heterocycles. The number of halogens is 1. The standard InChI is InChI=1S/C18H35N5O.HI/c1-4-6-14-12-16(14)22-18(19-3)21-15-7-10-23(11-8-15)13-17(24)20-9-5-2;/h14-16H,4-13H2,1-3H3,(H,20,24)(H2,19,21,22);1H. The zero-order valence-electron chi connectivity index (χ0n) is 16.0. The second-order valence-electron chi connectivity index (χ2n) is 7.15. The Hall–Kier alpha value is -0.570. The van der Waals surface area contributed by atoms with Crippen LogP contribution in [0.3, 0.4) is 0 Å². The third-order valence-corrected chi connectivity index (χ3v) is 5.00. The van der Waals surface area contributed by atoms with Crippen molar-refractivity contribution in [1.82, 2.24) is 20.9 Å². The highest BCUT2D eigenvalue weighted by Gasteiger charge is 2.36. The third kappa shape index (κ3) is 8.11. The van der Waals surface area contributed by atoms with Crippen molar-refractivity contribution in [2.45, 2.75) is 64.5 Å². The van der Waals surface area contributed by atoms with Crippen LogP contribution in [0.25, 0.3) is 0 Å². The first kappa shape index (κ1) is 22.5. The van der Waals surface area contributed by atoms with Gasteiger partial charge in [0, 0.05) is 38.8 Å². The van der Waals surface area contributed by atoms with E-state index in [2.05, 4.69) is 39.7 Å². The van der Waals surface area contributed by atoms with Crippen LogP contribution < -0.4 is 16.0 Å². The molecule has 2 rings (SSSR count). The SMILES string of the molecule is CCCNC(=O)CN1CCC(NC(=NC)NC2CC2CCC)CC1.I. The Bertz CT molecular complexity index is 424. The van der Waals surface area contributed by atoms with Gasteiger partial charge in [-0.2, -0.15) is 0 Å². The Morgan fingerprint density at radius 3 is 2.48 bits per heavy atom. The molecule has 2 unspecified atom stereocenters. The maximum absolute atomic E-state index is 11.8. The first-order valence-electron chi connectivity index (χ1n) is 9.65. The van der Waals surface area contributed by atoms with Crippen LogP contribution >= 0.6 is 24.0 Å². The summed E-state index contributed by atoms with van der Waals surface area (Å²) < 4.78 is 0. The zero-order valence-corrected chi connectivity index (χ0v) is 18.3. The van der Waals surface area contributed by atoms with E-state index >= 15 is 0 Å². The Balaban J connectivity index is 0.00000312. The molecular weight excluding hydrogens is 429 g/mol. The molecule has 2 fully saturated rings. The minimum absolute atomic E-state index is 0. The summed E-state index contributed by atoms with van der Waals surface area (Å²) in [5.74, 6) is 1.92. The van der Waals surface area contributed by atoms with Crippen molar-refractivity contribution in [3.05, 3.63) is 0 Å². The summed E-state index contributed by atoms with van der Waals surface area (Å²) in [6, 6.07) is 1.06. The first-order valence-corrected chi connectivity index (χ1v) is 9.65. The molecule has 1 saturated heterocycles. The van der Waals surface area contributed by atoms with Crippen molar-refractivity contribution >= 4 is 35.8 Å². The second kappa shape index (κ2) is 11.9. The van der Waals surface area contributed by atoms with Gasteiger partial charge < -0.3 is 16.0 Å². The van der Waals surface area contributed by atoms with Crippen LogP contribution in [0.4, 0.5) is 0 Å². The molecular formula is C18H36IN5O. The number of piperidine rings is 1. The monoisotopic (exact) mass is 465 g/mol. The number of hydrogen-bond donors (Lipinski definition) is 3. The molecule has 1 aliphatic heterocycles. The number of aliphatic imine (C=N–C) groups is 1. The highest BCUT2D eigenvalue weighted by atomic mass is 127. The van der Waals surface area contributed by atoms with Gasteiger partial charge in [0.1, 0.15) is 0 Å². The van der Waals surface area contributed by atoms with Gasteiger partial charge in [0.05, 0.1) is 6.54 Å². The summed E-state index contributed by atoms with van der Waals surface area (Å²) in [6.45, 7) is 7.56. The molecule has 1 aliphatic carbocycles. The molecule has 7 heteroatoms. The van der Waals surface area contributed by atoms with E-state index in [1.165, 1.54) is 19.3 Å². The lowest BCUT2D eigenvalue weighted by Crippen LogP contribution is -2.50. The van der Waals surface area contributed by atoms with E-state index in [1.807, 2.05) is 7.05 Å². The summed E-state index contributed by atoms with van der Waals surface area (Å²) in [7, 11) is 1.85. The van der Waals surface area contributed by atoms with Gasteiger partial charge in [0.2, 0.25) is 5.91 Å². The third-order valence-electron chi connectivity index (χ3n) is 5.00.